The number of nitro groups is 1. The third-order valence-corrected chi connectivity index (χ3v) is 4.23. The number of fused-ring (bicyclic) bond motifs is 1. The van der Waals surface area contributed by atoms with Crippen molar-refractivity contribution >= 4 is 5.82 Å². The van der Waals surface area contributed by atoms with Crippen LogP contribution in [0.25, 0.3) is 11.3 Å². The van der Waals surface area contributed by atoms with Crippen LogP contribution in [0, 0.1) is 21.7 Å². The summed E-state index contributed by atoms with van der Waals surface area (Å²) in [6, 6.07) is 8.29. The second kappa shape index (κ2) is 7.22. The first-order valence-electron chi connectivity index (χ1n) is 8.43. The highest BCUT2D eigenvalue weighted by atomic mass is 19.1. The number of aromatic nitrogens is 3. The lowest BCUT2D eigenvalue weighted by molar-refractivity contribution is -0.389. The van der Waals surface area contributed by atoms with Crippen LogP contribution < -0.4 is 9.47 Å². The molecule has 1 unspecified atom stereocenters. The van der Waals surface area contributed by atoms with E-state index < -0.39 is 16.6 Å². The van der Waals surface area contributed by atoms with Crippen LogP contribution in [-0.4, -0.2) is 32.2 Å². The number of ether oxygens (including phenoxy) is 2. The molecule has 1 aliphatic rings. The predicted molar refractivity (Wildman–Crippen MR) is 93.0 cm³/mol. The van der Waals surface area contributed by atoms with Gasteiger partial charge >= 0.3 is 11.8 Å². The number of aryl methyl sites for hydroxylation is 1. The quantitative estimate of drug-likeness (QED) is 0.492. The summed E-state index contributed by atoms with van der Waals surface area (Å²) in [7, 11) is 0. The van der Waals surface area contributed by atoms with Crippen molar-refractivity contribution in [1.82, 2.24) is 14.5 Å². The van der Waals surface area contributed by atoms with E-state index in [1.54, 1.807) is 22.8 Å². The number of imidazole rings is 1. The van der Waals surface area contributed by atoms with Gasteiger partial charge in [0.25, 0.3) is 0 Å². The molecule has 0 fully saturated rings. The maximum absolute atomic E-state index is 13.9. The Labute approximate surface area is 157 Å². The molecule has 1 aromatic carbocycles. The Hall–Kier alpha value is -3.56. The van der Waals surface area contributed by atoms with Crippen molar-refractivity contribution in [3.63, 3.8) is 0 Å². The van der Waals surface area contributed by atoms with E-state index in [9.17, 15) is 18.9 Å². The number of benzene rings is 1. The molecule has 0 radical (unpaired) electrons. The summed E-state index contributed by atoms with van der Waals surface area (Å²) < 4.78 is 39.9. The summed E-state index contributed by atoms with van der Waals surface area (Å²) >= 11 is 0. The minimum absolute atomic E-state index is 0.142. The molecule has 10 heteroatoms. The Morgan fingerprint density at radius 1 is 1.29 bits per heavy atom. The molecule has 0 bridgehead atoms. The lowest BCUT2D eigenvalue weighted by Crippen LogP contribution is -2.31. The first kappa shape index (κ1) is 17.8. The average molecular weight is 388 g/mol. The number of halogens is 2. The van der Waals surface area contributed by atoms with Gasteiger partial charge in [-0.15, -0.1) is 0 Å². The van der Waals surface area contributed by atoms with E-state index in [0.29, 0.717) is 18.7 Å². The minimum Gasteiger partial charge on any atom is -0.474 e. The van der Waals surface area contributed by atoms with E-state index >= 15 is 0 Å². The fourth-order valence-electron chi connectivity index (χ4n) is 2.86. The van der Waals surface area contributed by atoms with Gasteiger partial charge in [-0.05, 0) is 23.1 Å². The molecule has 4 rings (SSSR count). The molecule has 1 atom stereocenters. The maximum Gasteiger partial charge on any atom is 0.414 e. The van der Waals surface area contributed by atoms with E-state index in [0.717, 1.165) is 12.1 Å². The van der Waals surface area contributed by atoms with Crippen LogP contribution in [0.4, 0.5) is 14.6 Å². The van der Waals surface area contributed by atoms with Crippen molar-refractivity contribution in [1.29, 1.82) is 0 Å². The molecule has 3 aromatic rings. The van der Waals surface area contributed by atoms with Crippen molar-refractivity contribution in [3.05, 3.63) is 64.3 Å². The van der Waals surface area contributed by atoms with Crippen molar-refractivity contribution in [2.45, 2.75) is 19.1 Å². The molecule has 0 N–H and O–H groups in total. The number of nitrogens with zero attached hydrogens (tertiary/aromatic N) is 4. The van der Waals surface area contributed by atoms with E-state index in [1.807, 2.05) is 0 Å². The van der Waals surface area contributed by atoms with Crippen LogP contribution in [0.1, 0.15) is 6.42 Å². The topological polar surface area (TPSA) is 92.3 Å². The molecule has 0 saturated carbocycles. The summed E-state index contributed by atoms with van der Waals surface area (Å²) in [4.78, 5) is 18.3. The summed E-state index contributed by atoms with van der Waals surface area (Å²) in [5.74, 6) is -1.40. The van der Waals surface area contributed by atoms with Gasteiger partial charge in [-0.2, -0.15) is 0 Å². The molecule has 2 aromatic heterocycles. The van der Waals surface area contributed by atoms with Gasteiger partial charge in [0.1, 0.15) is 30.5 Å². The predicted octanol–water partition coefficient (Wildman–Crippen LogP) is 3.36. The van der Waals surface area contributed by atoms with Gasteiger partial charge in [0.05, 0.1) is 5.69 Å². The third kappa shape index (κ3) is 3.61. The first-order chi connectivity index (χ1) is 13.5. The first-order valence-corrected chi connectivity index (χ1v) is 8.43. The van der Waals surface area contributed by atoms with Gasteiger partial charge in [-0.1, -0.05) is 6.07 Å². The lowest BCUT2D eigenvalue weighted by atomic mass is 10.1. The Balaban J connectivity index is 1.43. The molecule has 144 valence electrons. The standard InChI is InChI=1S/C18H14F2N4O4/c19-11-4-5-13(14(20)8-11)15-2-1-3-17(21-15)27-10-12-6-7-23-9-16(24(25)26)22-18(23)28-12/h1-5,8-9,12H,6-7,10H2. The van der Waals surface area contributed by atoms with E-state index in [-0.39, 0.29) is 36.0 Å². The molecule has 1 aliphatic heterocycles. The smallest absolute Gasteiger partial charge is 0.414 e. The van der Waals surface area contributed by atoms with Gasteiger partial charge in [-0.3, -0.25) is 4.57 Å². The van der Waals surface area contributed by atoms with Gasteiger partial charge in [0, 0.05) is 35.6 Å². The van der Waals surface area contributed by atoms with Gasteiger partial charge in [0.2, 0.25) is 5.88 Å². The van der Waals surface area contributed by atoms with Gasteiger partial charge in [0.15, 0.2) is 0 Å². The Morgan fingerprint density at radius 3 is 2.93 bits per heavy atom. The van der Waals surface area contributed by atoms with Crippen LogP contribution in [0.3, 0.4) is 0 Å². The SMILES string of the molecule is O=[N+]([O-])c1cn2c(n1)OC(COc1cccc(-c3ccc(F)cc3F)n1)CC2. The molecule has 0 amide bonds. The molecule has 8 nitrogen and oxygen atoms in total. The number of pyridine rings is 1. The zero-order valence-corrected chi connectivity index (χ0v) is 14.4. The van der Waals surface area contributed by atoms with Crippen LogP contribution in [0.5, 0.6) is 11.9 Å². The summed E-state index contributed by atoms with van der Waals surface area (Å²) in [5.41, 5.74) is 0.473. The van der Waals surface area contributed by atoms with Gasteiger partial charge in [-0.25, -0.2) is 13.8 Å². The lowest BCUT2D eigenvalue weighted by Gasteiger charge is -2.22. The van der Waals surface area contributed by atoms with Crippen molar-refractivity contribution in [3.8, 4) is 23.1 Å². The second-order valence-corrected chi connectivity index (χ2v) is 6.16. The average Bonchev–Trinajstić information content (AvgIpc) is 3.10. The fraction of sp³-hybridized carbons (Fsp3) is 0.222. The number of rotatable bonds is 5. The van der Waals surface area contributed by atoms with E-state index in [4.69, 9.17) is 9.47 Å². The molecular weight excluding hydrogens is 374 g/mol. The molecule has 0 saturated heterocycles. The normalized spacial score (nSPS) is 15.6. The van der Waals surface area contributed by atoms with E-state index in [1.165, 1.54) is 12.3 Å². The summed E-state index contributed by atoms with van der Waals surface area (Å²) in [5, 5.41) is 10.8. The summed E-state index contributed by atoms with van der Waals surface area (Å²) in [6.45, 7) is 0.654. The molecule has 3 heterocycles. The molecule has 0 spiro atoms. The number of hydrogen-bond donors (Lipinski definition) is 0. The van der Waals surface area contributed by atoms with Crippen LogP contribution in [-0.2, 0) is 6.54 Å². The Kier molecular flexibility index (Phi) is 4.60. The van der Waals surface area contributed by atoms with Crippen LogP contribution in [0.2, 0.25) is 0 Å². The highest BCUT2D eigenvalue weighted by Crippen LogP contribution is 2.26. The Bertz CT molecular complexity index is 1040. The zero-order valence-electron chi connectivity index (χ0n) is 14.4. The van der Waals surface area contributed by atoms with E-state index in [2.05, 4.69) is 9.97 Å². The van der Waals surface area contributed by atoms with Crippen molar-refractivity contribution < 1.29 is 23.2 Å². The Morgan fingerprint density at radius 2 is 2.14 bits per heavy atom. The second-order valence-electron chi connectivity index (χ2n) is 6.16. The minimum atomic E-state index is -0.714. The molecule has 28 heavy (non-hydrogen) atoms. The van der Waals surface area contributed by atoms with Crippen molar-refractivity contribution in [2.75, 3.05) is 6.61 Å². The zero-order chi connectivity index (χ0) is 19.7. The van der Waals surface area contributed by atoms with Crippen LogP contribution in [0.15, 0.2) is 42.6 Å². The highest BCUT2D eigenvalue weighted by Gasteiger charge is 2.28. The summed E-state index contributed by atoms with van der Waals surface area (Å²) in [6.07, 6.45) is 1.55. The molecular formula is C18H14F2N4O4. The molecule has 0 aliphatic carbocycles. The van der Waals surface area contributed by atoms with Crippen LogP contribution >= 0.6 is 0 Å². The number of hydrogen-bond acceptors (Lipinski definition) is 6. The third-order valence-electron chi connectivity index (χ3n) is 4.23. The maximum atomic E-state index is 13.9. The monoisotopic (exact) mass is 388 g/mol. The van der Waals surface area contributed by atoms with Gasteiger partial charge < -0.3 is 19.6 Å². The fourth-order valence-corrected chi connectivity index (χ4v) is 2.86. The largest absolute Gasteiger partial charge is 0.474 e. The highest BCUT2D eigenvalue weighted by molar-refractivity contribution is 5.60. The van der Waals surface area contributed by atoms with Crippen molar-refractivity contribution in [2.24, 2.45) is 0 Å².